The van der Waals surface area contributed by atoms with Gasteiger partial charge in [-0.3, -0.25) is 4.79 Å². The fraction of sp³-hybridized carbons (Fsp3) is 0.214. The van der Waals surface area contributed by atoms with Crippen LogP contribution in [0.2, 0.25) is 5.02 Å². The van der Waals surface area contributed by atoms with Crippen LogP contribution in [-0.4, -0.2) is 30.0 Å². The molecule has 3 rings (SSSR count). The third-order valence-electron chi connectivity index (χ3n) is 3.58. The highest BCUT2D eigenvalue weighted by atomic mass is 35.5. The minimum Gasteiger partial charge on any atom is -0.368 e. The summed E-state index contributed by atoms with van der Waals surface area (Å²) < 4.78 is 0. The van der Waals surface area contributed by atoms with Gasteiger partial charge in [-0.1, -0.05) is 23.7 Å². The average Bonchev–Trinajstić information content (AvgIpc) is 2.45. The predicted octanol–water partition coefficient (Wildman–Crippen LogP) is 1.87. The number of rotatable bonds is 1. The van der Waals surface area contributed by atoms with E-state index < -0.39 is 6.04 Å². The summed E-state index contributed by atoms with van der Waals surface area (Å²) in [5, 5.41) is 0.587. The Bertz CT molecular complexity index is 720. The Morgan fingerprint density at radius 2 is 2.10 bits per heavy atom. The van der Waals surface area contributed by atoms with Crippen LogP contribution in [0.3, 0.4) is 0 Å². The Morgan fingerprint density at radius 3 is 2.81 bits per heavy atom. The van der Waals surface area contributed by atoms with Crippen LogP contribution < -0.4 is 15.5 Å². The van der Waals surface area contributed by atoms with Crippen molar-refractivity contribution < 1.29 is 4.79 Å². The largest absolute Gasteiger partial charge is 0.368 e. The zero-order valence-electron chi connectivity index (χ0n) is 11.6. The van der Waals surface area contributed by atoms with Crippen LogP contribution in [0, 0.1) is 0 Å². The number of amides is 1. The molecule has 1 aliphatic heterocycles. The topological polar surface area (TPSA) is 75.4 Å². The Hall–Kier alpha value is -2.34. The summed E-state index contributed by atoms with van der Waals surface area (Å²) in [7, 11) is 3.51. The van der Waals surface area contributed by atoms with Crippen molar-refractivity contribution in [2.75, 3.05) is 29.6 Å². The van der Waals surface area contributed by atoms with Crippen LogP contribution in [0.15, 0.2) is 30.5 Å². The molecule has 0 saturated heterocycles. The summed E-state index contributed by atoms with van der Waals surface area (Å²) in [6.45, 7) is 0. The van der Waals surface area contributed by atoms with Crippen LogP contribution in [0.4, 0.5) is 17.5 Å². The minimum atomic E-state index is -0.490. The van der Waals surface area contributed by atoms with Gasteiger partial charge in [0.1, 0.15) is 11.7 Å². The molecule has 0 radical (unpaired) electrons. The van der Waals surface area contributed by atoms with Gasteiger partial charge in [-0.15, -0.1) is 0 Å². The lowest BCUT2D eigenvalue weighted by atomic mass is 10.0. The van der Waals surface area contributed by atoms with Gasteiger partial charge in [-0.2, -0.15) is 4.98 Å². The normalized spacial score (nSPS) is 17.9. The first kappa shape index (κ1) is 13.6. The van der Waals surface area contributed by atoms with Crippen molar-refractivity contribution >= 4 is 35.0 Å². The molecule has 1 amide bonds. The maximum Gasteiger partial charge on any atom is 0.254 e. The van der Waals surface area contributed by atoms with Gasteiger partial charge in [0.05, 0.1) is 6.20 Å². The Labute approximate surface area is 127 Å². The Balaban J connectivity index is 2.13. The molecule has 1 aliphatic rings. The molecule has 1 aromatic carbocycles. The van der Waals surface area contributed by atoms with Gasteiger partial charge < -0.3 is 15.5 Å². The third kappa shape index (κ3) is 2.17. The number of likely N-dealkylation sites (N-methyl/N-ethyl adjacent to an activating group) is 2. The first-order chi connectivity index (χ1) is 9.99. The van der Waals surface area contributed by atoms with Crippen molar-refractivity contribution in [3.63, 3.8) is 0 Å². The molecule has 1 aromatic heterocycles. The molecule has 2 heterocycles. The molecule has 2 N–H and O–H groups in total. The van der Waals surface area contributed by atoms with Gasteiger partial charge in [-0.05, 0) is 17.7 Å². The number of hydrogen-bond donors (Lipinski definition) is 1. The third-order valence-corrected chi connectivity index (χ3v) is 3.82. The van der Waals surface area contributed by atoms with E-state index in [0.29, 0.717) is 16.5 Å². The highest BCUT2D eigenvalue weighted by Crippen LogP contribution is 2.38. The lowest BCUT2D eigenvalue weighted by Crippen LogP contribution is -2.45. The smallest absolute Gasteiger partial charge is 0.254 e. The fourth-order valence-corrected chi connectivity index (χ4v) is 2.71. The summed E-state index contributed by atoms with van der Waals surface area (Å²) in [6, 6.07) is 6.76. The summed E-state index contributed by atoms with van der Waals surface area (Å²) in [5.41, 5.74) is 7.10. The molecule has 7 heteroatoms. The molecule has 0 bridgehead atoms. The number of nitrogen functional groups attached to an aromatic ring is 1. The van der Waals surface area contributed by atoms with Gasteiger partial charge in [-0.25, -0.2) is 4.98 Å². The quantitative estimate of drug-likeness (QED) is 0.870. The van der Waals surface area contributed by atoms with E-state index in [1.54, 1.807) is 35.2 Å². The summed E-state index contributed by atoms with van der Waals surface area (Å²) >= 11 is 6.03. The summed E-state index contributed by atoms with van der Waals surface area (Å²) in [6.07, 6.45) is 1.56. The second-order valence-corrected chi connectivity index (χ2v) is 5.34. The van der Waals surface area contributed by atoms with Crippen molar-refractivity contribution in [1.82, 2.24) is 9.97 Å². The monoisotopic (exact) mass is 303 g/mol. The maximum atomic E-state index is 12.6. The first-order valence-corrected chi connectivity index (χ1v) is 6.75. The number of carbonyl (C=O) groups excluding carboxylic acids is 1. The van der Waals surface area contributed by atoms with E-state index >= 15 is 0 Å². The van der Waals surface area contributed by atoms with Gasteiger partial charge in [0.15, 0.2) is 5.82 Å². The highest BCUT2D eigenvalue weighted by Gasteiger charge is 2.37. The molecule has 0 aliphatic carbocycles. The number of benzene rings is 1. The van der Waals surface area contributed by atoms with Crippen LogP contribution in [0.1, 0.15) is 11.6 Å². The van der Waals surface area contributed by atoms with E-state index in [1.807, 2.05) is 19.2 Å². The van der Waals surface area contributed by atoms with Crippen molar-refractivity contribution in [2.45, 2.75) is 6.04 Å². The zero-order chi connectivity index (χ0) is 15.1. The highest BCUT2D eigenvalue weighted by molar-refractivity contribution is 6.30. The SMILES string of the molecule is CN1C(=O)C(c2cccc(Cl)c2)N(C)c2nc(N)ncc21. The molecule has 6 nitrogen and oxygen atoms in total. The zero-order valence-corrected chi connectivity index (χ0v) is 12.4. The fourth-order valence-electron chi connectivity index (χ4n) is 2.51. The van der Waals surface area contributed by atoms with Gasteiger partial charge in [0, 0.05) is 19.1 Å². The summed E-state index contributed by atoms with van der Waals surface area (Å²) in [5.74, 6) is 0.725. The molecular weight excluding hydrogens is 290 g/mol. The van der Waals surface area contributed by atoms with E-state index in [-0.39, 0.29) is 11.9 Å². The van der Waals surface area contributed by atoms with Gasteiger partial charge in [0.2, 0.25) is 5.95 Å². The predicted molar refractivity (Wildman–Crippen MR) is 82.5 cm³/mol. The molecule has 1 atom stereocenters. The molecule has 0 fully saturated rings. The number of anilines is 3. The molecule has 108 valence electrons. The van der Waals surface area contributed by atoms with Gasteiger partial charge in [0.25, 0.3) is 5.91 Å². The maximum absolute atomic E-state index is 12.6. The minimum absolute atomic E-state index is 0.0689. The van der Waals surface area contributed by atoms with Gasteiger partial charge >= 0.3 is 0 Å². The number of aromatic nitrogens is 2. The summed E-state index contributed by atoms with van der Waals surface area (Å²) in [4.78, 5) is 24.2. The Kier molecular flexibility index (Phi) is 3.17. The van der Waals surface area contributed by atoms with E-state index in [1.165, 1.54) is 0 Å². The number of carbonyl (C=O) groups is 1. The number of fused-ring (bicyclic) bond motifs is 1. The molecule has 1 unspecified atom stereocenters. The van der Waals surface area contributed by atoms with Crippen molar-refractivity contribution in [3.8, 4) is 0 Å². The van der Waals surface area contributed by atoms with Crippen LogP contribution in [-0.2, 0) is 4.79 Å². The van der Waals surface area contributed by atoms with Crippen LogP contribution in [0.25, 0.3) is 0 Å². The number of hydrogen-bond acceptors (Lipinski definition) is 5. The van der Waals surface area contributed by atoms with E-state index in [9.17, 15) is 4.79 Å². The lowest BCUT2D eigenvalue weighted by Gasteiger charge is -2.38. The molecular formula is C14H14ClN5O. The number of nitrogens with two attached hydrogens (primary N) is 1. The first-order valence-electron chi connectivity index (χ1n) is 6.37. The Morgan fingerprint density at radius 1 is 1.33 bits per heavy atom. The lowest BCUT2D eigenvalue weighted by molar-refractivity contribution is -0.120. The molecule has 21 heavy (non-hydrogen) atoms. The van der Waals surface area contributed by atoms with E-state index in [2.05, 4.69) is 9.97 Å². The molecule has 0 spiro atoms. The van der Waals surface area contributed by atoms with Crippen LogP contribution in [0.5, 0.6) is 0 Å². The second kappa shape index (κ2) is 4.89. The number of halogens is 1. The number of nitrogens with zero attached hydrogens (tertiary/aromatic N) is 4. The molecule has 2 aromatic rings. The van der Waals surface area contributed by atoms with Crippen LogP contribution >= 0.6 is 11.6 Å². The van der Waals surface area contributed by atoms with Crippen molar-refractivity contribution in [3.05, 3.63) is 41.0 Å². The standard InChI is InChI=1S/C14H14ClN5O/c1-19-10-7-17-14(16)18-12(10)20(2)11(13(19)21)8-4-3-5-9(15)6-8/h3-7,11H,1-2H3,(H2,16,17,18). The average molecular weight is 304 g/mol. The van der Waals surface area contributed by atoms with E-state index in [0.717, 1.165) is 5.56 Å². The van der Waals surface area contributed by atoms with Crippen molar-refractivity contribution in [2.24, 2.45) is 0 Å². The van der Waals surface area contributed by atoms with Crippen molar-refractivity contribution in [1.29, 1.82) is 0 Å². The molecule has 0 saturated carbocycles. The van der Waals surface area contributed by atoms with E-state index in [4.69, 9.17) is 17.3 Å². The second-order valence-electron chi connectivity index (χ2n) is 4.90.